The van der Waals surface area contributed by atoms with Gasteiger partial charge in [-0.2, -0.15) is 5.26 Å². The molecule has 6 heteroatoms. The number of nitrogens with zero attached hydrogens (tertiary/aromatic N) is 3. The van der Waals surface area contributed by atoms with E-state index in [1.54, 1.807) is 42.7 Å². The van der Waals surface area contributed by atoms with Crippen molar-refractivity contribution < 1.29 is 0 Å². The van der Waals surface area contributed by atoms with Crippen molar-refractivity contribution in [2.75, 3.05) is 5.73 Å². The molecule has 2 aromatic heterocycles. The van der Waals surface area contributed by atoms with Crippen LogP contribution in [0.1, 0.15) is 5.56 Å². The lowest BCUT2D eigenvalue weighted by Gasteiger charge is -2.11. The summed E-state index contributed by atoms with van der Waals surface area (Å²) in [5.74, 6) is 0.139. The molecule has 0 aliphatic heterocycles. The number of halogens is 2. The maximum Gasteiger partial charge on any atom is 0.142 e. The quantitative estimate of drug-likeness (QED) is 0.741. The fourth-order valence-electron chi connectivity index (χ4n) is 2.26. The van der Waals surface area contributed by atoms with Gasteiger partial charge in [0.05, 0.1) is 10.7 Å². The second-order valence-corrected chi connectivity index (χ2v) is 5.64. The average molecular weight is 341 g/mol. The molecule has 3 rings (SSSR count). The Balaban J connectivity index is 2.27. The van der Waals surface area contributed by atoms with Gasteiger partial charge >= 0.3 is 0 Å². The van der Waals surface area contributed by atoms with Crippen molar-refractivity contribution in [2.24, 2.45) is 0 Å². The van der Waals surface area contributed by atoms with E-state index in [-0.39, 0.29) is 5.82 Å². The number of rotatable bonds is 2. The van der Waals surface area contributed by atoms with Gasteiger partial charge in [0, 0.05) is 34.1 Å². The maximum atomic E-state index is 9.38. The number of anilines is 1. The monoisotopic (exact) mass is 340 g/mol. The molecular weight excluding hydrogens is 331 g/mol. The molecule has 4 nitrogen and oxygen atoms in total. The van der Waals surface area contributed by atoms with Crippen LogP contribution in [0.4, 0.5) is 5.82 Å². The highest BCUT2D eigenvalue weighted by atomic mass is 35.5. The van der Waals surface area contributed by atoms with Gasteiger partial charge in [0.1, 0.15) is 17.5 Å². The van der Waals surface area contributed by atoms with Crippen molar-refractivity contribution in [3.05, 3.63) is 64.4 Å². The Hall–Kier alpha value is -2.61. The van der Waals surface area contributed by atoms with Crippen molar-refractivity contribution >= 4 is 29.0 Å². The first kappa shape index (κ1) is 15.3. The van der Waals surface area contributed by atoms with Gasteiger partial charge in [-0.15, -0.1) is 0 Å². The number of hydrogen-bond donors (Lipinski definition) is 1. The minimum atomic E-state index is 0.139. The number of nitriles is 1. The van der Waals surface area contributed by atoms with Crippen molar-refractivity contribution in [1.82, 2.24) is 9.97 Å². The highest BCUT2D eigenvalue weighted by Gasteiger charge is 2.15. The maximum absolute atomic E-state index is 9.38. The molecule has 0 atom stereocenters. The molecule has 2 heterocycles. The van der Waals surface area contributed by atoms with E-state index in [0.29, 0.717) is 32.4 Å². The fourth-order valence-corrected chi connectivity index (χ4v) is 2.65. The van der Waals surface area contributed by atoms with Gasteiger partial charge in [-0.25, -0.2) is 4.98 Å². The lowest BCUT2D eigenvalue weighted by atomic mass is 10.00. The Labute approximate surface area is 143 Å². The molecule has 0 spiro atoms. The van der Waals surface area contributed by atoms with Crippen molar-refractivity contribution in [2.45, 2.75) is 0 Å². The van der Waals surface area contributed by atoms with Crippen LogP contribution in [-0.2, 0) is 0 Å². The predicted octanol–water partition coefficient (Wildman–Crippen LogP) is 4.57. The van der Waals surface area contributed by atoms with Crippen LogP contribution in [0, 0.1) is 11.3 Å². The second-order valence-electron chi connectivity index (χ2n) is 4.79. The molecule has 0 aliphatic carbocycles. The zero-order valence-corrected chi connectivity index (χ0v) is 13.3. The molecule has 23 heavy (non-hydrogen) atoms. The van der Waals surface area contributed by atoms with Gasteiger partial charge < -0.3 is 5.73 Å². The summed E-state index contributed by atoms with van der Waals surface area (Å²) in [5, 5.41) is 10.4. The molecule has 112 valence electrons. The molecule has 0 radical (unpaired) electrons. The number of hydrogen-bond acceptors (Lipinski definition) is 4. The standard InChI is InChI=1S/C17H10Cl2N4/c18-11-3-4-15(19)13(6-11)16-7-12(10-2-1-5-22-9-10)14(8-20)17(21)23-16/h1-7,9H,(H2,21,23). The molecule has 0 fully saturated rings. The third-order valence-corrected chi connectivity index (χ3v) is 3.90. The lowest BCUT2D eigenvalue weighted by Crippen LogP contribution is -2.00. The summed E-state index contributed by atoms with van der Waals surface area (Å²) in [4.78, 5) is 8.38. The van der Waals surface area contributed by atoms with Crippen LogP contribution in [0.2, 0.25) is 10.0 Å². The van der Waals surface area contributed by atoms with Gasteiger partial charge in [-0.1, -0.05) is 29.3 Å². The van der Waals surface area contributed by atoms with E-state index in [1.807, 2.05) is 6.07 Å². The SMILES string of the molecule is N#Cc1c(-c2cccnc2)cc(-c2cc(Cl)ccc2Cl)nc1N. The largest absolute Gasteiger partial charge is 0.383 e. The highest BCUT2D eigenvalue weighted by Crippen LogP contribution is 2.34. The summed E-state index contributed by atoms with van der Waals surface area (Å²) in [6, 6.07) is 12.6. The second kappa shape index (κ2) is 6.25. The Kier molecular flexibility index (Phi) is 4.16. The van der Waals surface area contributed by atoms with E-state index in [4.69, 9.17) is 28.9 Å². The summed E-state index contributed by atoms with van der Waals surface area (Å²) in [6.07, 6.45) is 3.33. The lowest BCUT2D eigenvalue weighted by molar-refractivity contribution is 1.29. The number of pyridine rings is 2. The number of nitrogen functional groups attached to an aromatic ring is 1. The number of nitrogens with two attached hydrogens (primary N) is 1. The van der Waals surface area contributed by atoms with Crippen LogP contribution < -0.4 is 5.73 Å². The predicted molar refractivity (Wildman–Crippen MR) is 92.1 cm³/mol. The number of aromatic nitrogens is 2. The molecule has 0 unspecified atom stereocenters. The topological polar surface area (TPSA) is 75.6 Å². The average Bonchev–Trinajstić information content (AvgIpc) is 2.57. The molecule has 0 bridgehead atoms. The minimum Gasteiger partial charge on any atom is -0.383 e. The van der Waals surface area contributed by atoms with Crippen LogP contribution in [0.3, 0.4) is 0 Å². The van der Waals surface area contributed by atoms with Crippen LogP contribution in [-0.4, -0.2) is 9.97 Å². The summed E-state index contributed by atoms with van der Waals surface area (Å²) in [5.41, 5.74) is 8.90. The van der Waals surface area contributed by atoms with Gasteiger partial charge in [0.25, 0.3) is 0 Å². The van der Waals surface area contributed by atoms with Crippen molar-refractivity contribution in [3.8, 4) is 28.5 Å². The molecule has 0 amide bonds. The number of benzene rings is 1. The van der Waals surface area contributed by atoms with Crippen LogP contribution >= 0.6 is 23.2 Å². The van der Waals surface area contributed by atoms with E-state index in [1.165, 1.54) is 0 Å². The molecule has 0 aliphatic rings. The molecule has 3 aromatic rings. The van der Waals surface area contributed by atoms with E-state index in [9.17, 15) is 5.26 Å². The van der Waals surface area contributed by atoms with E-state index >= 15 is 0 Å². The summed E-state index contributed by atoms with van der Waals surface area (Å²) < 4.78 is 0. The Bertz CT molecular complexity index is 918. The van der Waals surface area contributed by atoms with Gasteiger partial charge in [0.15, 0.2) is 0 Å². The van der Waals surface area contributed by atoms with Crippen molar-refractivity contribution in [3.63, 3.8) is 0 Å². The molecule has 1 aromatic carbocycles. The summed E-state index contributed by atoms with van der Waals surface area (Å²) in [7, 11) is 0. The first-order valence-electron chi connectivity index (χ1n) is 6.66. The zero-order chi connectivity index (χ0) is 16.4. The first-order valence-corrected chi connectivity index (χ1v) is 7.42. The minimum absolute atomic E-state index is 0.139. The molecular formula is C17H10Cl2N4. The van der Waals surface area contributed by atoms with E-state index in [0.717, 1.165) is 5.56 Å². The first-order chi connectivity index (χ1) is 11.1. The van der Waals surface area contributed by atoms with Gasteiger partial charge in [0.2, 0.25) is 0 Å². The smallest absolute Gasteiger partial charge is 0.142 e. The molecule has 0 saturated heterocycles. The normalized spacial score (nSPS) is 10.3. The fraction of sp³-hybridized carbons (Fsp3) is 0. The van der Waals surface area contributed by atoms with E-state index < -0.39 is 0 Å². The molecule has 2 N–H and O–H groups in total. The van der Waals surface area contributed by atoms with Crippen molar-refractivity contribution in [1.29, 1.82) is 5.26 Å². The van der Waals surface area contributed by atoms with Gasteiger partial charge in [-0.05, 0) is 30.3 Å². The third kappa shape index (κ3) is 2.98. The Morgan fingerprint density at radius 2 is 1.91 bits per heavy atom. The van der Waals surface area contributed by atoms with Crippen LogP contribution in [0.25, 0.3) is 22.4 Å². The van der Waals surface area contributed by atoms with E-state index in [2.05, 4.69) is 16.0 Å². The third-order valence-electron chi connectivity index (χ3n) is 3.34. The Morgan fingerprint density at radius 3 is 2.61 bits per heavy atom. The van der Waals surface area contributed by atoms with Crippen LogP contribution in [0.15, 0.2) is 48.8 Å². The highest BCUT2D eigenvalue weighted by molar-refractivity contribution is 6.35. The van der Waals surface area contributed by atoms with Gasteiger partial charge in [-0.3, -0.25) is 4.98 Å². The molecule has 0 saturated carbocycles. The summed E-state index contributed by atoms with van der Waals surface area (Å²) >= 11 is 12.3. The zero-order valence-electron chi connectivity index (χ0n) is 11.8. The van der Waals surface area contributed by atoms with Crippen LogP contribution in [0.5, 0.6) is 0 Å². The Morgan fingerprint density at radius 1 is 1.09 bits per heavy atom. The summed E-state index contributed by atoms with van der Waals surface area (Å²) in [6.45, 7) is 0.